The molecule has 0 spiro atoms. The number of amides is 2. The van der Waals surface area contributed by atoms with Crippen molar-refractivity contribution in [3.8, 4) is 11.5 Å². The van der Waals surface area contributed by atoms with Crippen LogP contribution in [0.1, 0.15) is 29.3 Å². The number of halogens is 4. The van der Waals surface area contributed by atoms with E-state index in [-0.39, 0.29) is 16.3 Å². The molecule has 3 aromatic rings. The zero-order valence-corrected chi connectivity index (χ0v) is 21.7. The third-order valence-electron chi connectivity index (χ3n) is 5.23. The van der Waals surface area contributed by atoms with Crippen molar-refractivity contribution < 1.29 is 32.2 Å². The van der Waals surface area contributed by atoms with Crippen LogP contribution in [0.2, 0.25) is 5.02 Å². The number of anilines is 2. The van der Waals surface area contributed by atoms with Crippen LogP contribution in [0.15, 0.2) is 65.6 Å². The van der Waals surface area contributed by atoms with Crippen molar-refractivity contribution >= 4 is 46.6 Å². The van der Waals surface area contributed by atoms with Gasteiger partial charge < -0.3 is 20.1 Å². The van der Waals surface area contributed by atoms with Gasteiger partial charge in [0.15, 0.2) is 0 Å². The molecular weight excluding hydrogens is 529 g/mol. The smallest absolute Gasteiger partial charge is 0.418 e. The Kier molecular flexibility index (Phi) is 9.34. The second-order valence-electron chi connectivity index (χ2n) is 7.71. The summed E-state index contributed by atoms with van der Waals surface area (Å²) in [5.41, 5.74) is -0.715. The van der Waals surface area contributed by atoms with Crippen LogP contribution in [0.4, 0.5) is 24.5 Å². The lowest BCUT2D eigenvalue weighted by atomic mass is 10.1. The molecule has 1 atom stereocenters. The third kappa shape index (κ3) is 7.11. The normalized spacial score (nSPS) is 12.0. The lowest BCUT2D eigenvalue weighted by Crippen LogP contribution is -2.26. The van der Waals surface area contributed by atoms with E-state index in [1.54, 1.807) is 49.4 Å². The minimum atomic E-state index is -4.68. The van der Waals surface area contributed by atoms with Crippen molar-refractivity contribution in [1.29, 1.82) is 0 Å². The topological polar surface area (TPSA) is 76.7 Å². The predicted molar refractivity (Wildman–Crippen MR) is 139 cm³/mol. The van der Waals surface area contributed by atoms with E-state index in [4.69, 9.17) is 21.1 Å². The van der Waals surface area contributed by atoms with Gasteiger partial charge in [0.25, 0.3) is 5.91 Å². The molecule has 11 heteroatoms. The number of hydrogen-bond donors (Lipinski definition) is 2. The molecule has 0 aliphatic heterocycles. The third-order valence-corrected chi connectivity index (χ3v) is 6.83. The van der Waals surface area contributed by atoms with Crippen LogP contribution in [0, 0.1) is 0 Å². The van der Waals surface area contributed by atoms with E-state index >= 15 is 0 Å². The number of hydrogen-bond acceptors (Lipinski definition) is 5. The molecule has 0 saturated heterocycles. The van der Waals surface area contributed by atoms with Crippen LogP contribution in [0.3, 0.4) is 0 Å². The maximum Gasteiger partial charge on any atom is 0.418 e. The summed E-state index contributed by atoms with van der Waals surface area (Å²) in [6, 6.07) is 14.9. The van der Waals surface area contributed by atoms with Crippen molar-refractivity contribution in [2.75, 3.05) is 24.9 Å². The Hall–Kier alpha value is -3.37. The summed E-state index contributed by atoms with van der Waals surface area (Å²) in [6.07, 6.45) is -4.33. The number of carbonyl (C=O) groups is 2. The summed E-state index contributed by atoms with van der Waals surface area (Å²) in [5.74, 6) is -0.367. The second-order valence-corrected chi connectivity index (χ2v) is 9.42. The Labute approximate surface area is 221 Å². The summed E-state index contributed by atoms with van der Waals surface area (Å²) >= 11 is 6.88. The van der Waals surface area contributed by atoms with Crippen molar-refractivity contribution in [1.82, 2.24) is 0 Å². The molecule has 37 heavy (non-hydrogen) atoms. The Morgan fingerprint density at radius 1 is 0.973 bits per heavy atom. The van der Waals surface area contributed by atoms with E-state index in [0.717, 1.165) is 23.9 Å². The van der Waals surface area contributed by atoms with E-state index in [0.29, 0.717) is 28.5 Å². The van der Waals surface area contributed by atoms with Crippen LogP contribution in [0.5, 0.6) is 11.5 Å². The van der Waals surface area contributed by atoms with Crippen LogP contribution < -0.4 is 20.1 Å². The maximum absolute atomic E-state index is 13.4. The number of benzene rings is 3. The molecule has 3 rings (SSSR count). The molecule has 3 aromatic carbocycles. The lowest BCUT2D eigenvalue weighted by molar-refractivity contribution is -0.137. The predicted octanol–water partition coefficient (Wildman–Crippen LogP) is 7.14. The average Bonchev–Trinajstić information content (AvgIpc) is 2.87. The van der Waals surface area contributed by atoms with E-state index < -0.39 is 28.8 Å². The van der Waals surface area contributed by atoms with Crippen LogP contribution in [-0.4, -0.2) is 31.3 Å². The molecule has 0 bridgehead atoms. The zero-order valence-electron chi connectivity index (χ0n) is 20.1. The Morgan fingerprint density at radius 3 is 2.22 bits per heavy atom. The van der Waals surface area contributed by atoms with Crippen molar-refractivity contribution in [2.45, 2.75) is 29.7 Å². The molecular formula is C26H24ClF3N2O4S. The van der Waals surface area contributed by atoms with Crippen LogP contribution in [0.25, 0.3) is 0 Å². The number of alkyl halides is 3. The zero-order chi connectivity index (χ0) is 27.2. The molecule has 196 valence electrons. The number of thioether (sulfide) groups is 1. The van der Waals surface area contributed by atoms with Crippen molar-refractivity contribution in [3.63, 3.8) is 0 Å². The molecule has 0 fully saturated rings. The Balaban J connectivity index is 1.77. The fourth-order valence-electron chi connectivity index (χ4n) is 3.48. The number of carbonyl (C=O) groups excluding carboxylic acids is 2. The highest BCUT2D eigenvalue weighted by molar-refractivity contribution is 8.00. The van der Waals surface area contributed by atoms with Crippen molar-refractivity contribution in [2.24, 2.45) is 0 Å². The standard InChI is InChI=1S/C26H24ClF3N2O4S/c1-4-22(24(33)32-19-12-11-15(27)13-18(19)26(28,29)30)37-17-8-5-7-16(14-17)31-25(34)23-20(35-2)9-6-10-21(23)36-3/h5-14,22H,4H2,1-3H3,(H,31,34)(H,32,33). The number of nitrogens with one attached hydrogen (secondary N) is 2. The number of methoxy groups -OCH3 is 2. The quantitative estimate of drug-likeness (QED) is 0.276. The summed E-state index contributed by atoms with van der Waals surface area (Å²) in [4.78, 5) is 26.5. The van der Waals surface area contributed by atoms with Crippen LogP contribution in [-0.2, 0) is 11.0 Å². The molecule has 1 unspecified atom stereocenters. The van der Waals surface area contributed by atoms with Gasteiger partial charge in [-0.1, -0.05) is 30.7 Å². The fourth-order valence-corrected chi connectivity index (χ4v) is 4.66. The maximum atomic E-state index is 13.4. The monoisotopic (exact) mass is 552 g/mol. The van der Waals surface area contributed by atoms with Gasteiger partial charge in [-0.15, -0.1) is 11.8 Å². The van der Waals surface area contributed by atoms with E-state index in [9.17, 15) is 22.8 Å². The van der Waals surface area contributed by atoms with Gasteiger partial charge in [0, 0.05) is 15.6 Å². The first-order valence-electron chi connectivity index (χ1n) is 11.0. The Morgan fingerprint density at radius 2 is 1.62 bits per heavy atom. The van der Waals surface area contributed by atoms with Gasteiger partial charge >= 0.3 is 6.18 Å². The van der Waals surface area contributed by atoms with Gasteiger partial charge in [0.2, 0.25) is 5.91 Å². The van der Waals surface area contributed by atoms with Crippen LogP contribution >= 0.6 is 23.4 Å². The summed E-state index contributed by atoms with van der Waals surface area (Å²) in [6.45, 7) is 1.75. The van der Waals surface area contributed by atoms with E-state index in [1.807, 2.05) is 0 Å². The van der Waals surface area contributed by atoms with Gasteiger partial charge in [0.05, 0.1) is 30.7 Å². The highest BCUT2D eigenvalue weighted by atomic mass is 35.5. The van der Waals surface area contributed by atoms with Crippen molar-refractivity contribution in [3.05, 3.63) is 76.8 Å². The van der Waals surface area contributed by atoms with E-state index in [2.05, 4.69) is 10.6 Å². The second kappa shape index (κ2) is 12.2. The highest BCUT2D eigenvalue weighted by Gasteiger charge is 2.34. The molecule has 0 aliphatic carbocycles. The summed E-state index contributed by atoms with van der Waals surface area (Å²) in [5, 5.41) is 4.38. The molecule has 0 aromatic heterocycles. The minimum absolute atomic E-state index is 0.0867. The summed E-state index contributed by atoms with van der Waals surface area (Å²) in [7, 11) is 2.89. The molecule has 0 aliphatic rings. The van der Waals surface area contributed by atoms with Gasteiger partial charge in [-0.05, 0) is 55.0 Å². The van der Waals surface area contributed by atoms with E-state index in [1.165, 1.54) is 20.3 Å². The first-order valence-corrected chi connectivity index (χ1v) is 12.3. The number of rotatable bonds is 9. The molecule has 0 radical (unpaired) electrons. The van der Waals surface area contributed by atoms with Gasteiger partial charge in [-0.3, -0.25) is 9.59 Å². The van der Waals surface area contributed by atoms with Gasteiger partial charge in [0.1, 0.15) is 17.1 Å². The molecule has 2 amide bonds. The molecule has 2 N–H and O–H groups in total. The first-order chi connectivity index (χ1) is 17.6. The largest absolute Gasteiger partial charge is 0.496 e. The fraction of sp³-hybridized carbons (Fsp3) is 0.231. The molecule has 6 nitrogen and oxygen atoms in total. The highest BCUT2D eigenvalue weighted by Crippen LogP contribution is 2.37. The minimum Gasteiger partial charge on any atom is -0.496 e. The van der Waals surface area contributed by atoms with Gasteiger partial charge in [-0.25, -0.2) is 0 Å². The Bertz CT molecular complexity index is 1260. The molecule has 0 heterocycles. The average molecular weight is 553 g/mol. The SMILES string of the molecule is CCC(Sc1cccc(NC(=O)c2c(OC)cccc2OC)c1)C(=O)Nc1ccc(Cl)cc1C(F)(F)F. The summed E-state index contributed by atoms with van der Waals surface area (Å²) < 4.78 is 50.8. The molecule has 0 saturated carbocycles. The van der Waals surface area contributed by atoms with Gasteiger partial charge in [-0.2, -0.15) is 13.2 Å². The first kappa shape index (κ1) is 28.2. The number of ether oxygens (including phenoxy) is 2. The lowest BCUT2D eigenvalue weighted by Gasteiger charge is -2.18.